The van der Waals surface area contributed by atoms with Crippen molar-refractivity contribution in [2.24, 2.45) is 0 Å². The lowest BCUT2D eigenvalue weighted by Crippen LogP contribution is -3.19. The monoisotopic (exact) mass is 292 g/mol. The Bertz CT molecular complexity index is 553. The van der Waals surface area contributed by atoms with E-state index < -0.39 is 0 Å². The van der Waals surface area contributed by atoms with E-state index in [1.807, 2.05) is 0 Å². The second-order valence-electron chi connectivity index (χ2n) is 5.67. The number of rotatable bonds is 2. The highest BCUT2D eigenvalue weighted by Gasteiger charge is 2.43. The van der Waals surface area contributed by atoms with Crippen molar-refractivity contribution in [3.8, 4) is 0 Å². The van der Waals surface area contributed by atoms with Gasteiger partial charge >= 0.3 is 0 Å². The molecule has 1 atom stereocenters. The van der Waals surface area contributed by atoms with E-state index in [0.717, 1.165) is 31.9 Å². The van der Waals surface area contributed by atoms with Gasteiger partial charge in [0.1, 0.15) is 5.82 Å². The normalized spacial score (nSPS) is 24.0. The van der Waals surface area contributed by atoms with E-state index in [4.69, 9.17) is 0 Å². The van der Waals surface area contributed by atoms with Gasteiger partial charge in [0.15, 0.2) is 6.04 Å². The maximum absolute atomic E-state index is 12.9. The number of halogens is 1. The van der Waals surface area contributed by atoms with Crippen molar-refractivity contribution in [1.29, 1.82) is 0 Å². The maximum atomic E-state index is 12.9. The first kappa shape index (κ1) is 14.0. The molecule has 2 heterocycles. The molecule has 5 nitrogen and oxygen atoms in total. The zero-order valence-electron chi connectivity index (χ0n) is 12.0. The summed E-state index contributed by atoms with van der Waals surface area (Å²) in [4.78, 5) is 28.2. The van der Waals surface area contributed by atoms with Crippen LogP contribution in [0.15, 0.2) is 24.3 Å². The van der Waals surface area contributed by atoms with Gasteiger partial charge in [-0.25, -0.2) is 4.39 Å². The van der Waals surface area contributed by atoms with E-state index in [1.54, 1.807) is 19.2 Å². The van der Waals surface area contributed by atoms with Gasteiger partial charge in [0.05, 0.1) is 32.6 Å². The number of amides is 2. The zero-order valence-corrected chi connectivity index (χ0v) is 12.0. The third-order valence-corrected chi connectivity index (χ3v) is 4.47. The quantitative estimate of drug-likeness (QED) is 0.732. The summed E-state index contributed by atoms with van der Waals surface area (Å²) in [7, 11) is 1.55. The summed E-state index contributed by atoms with van der Waals surface area (Å²) < 4.78 is 12.9. The summed E-state index contributed by atoms with van der Waals surface area (Å²) in [6.45, 7) is 3.25. The van der Waals surface area contributed by atoms with Gasteiger partial charge < -0.3 is 9.80 Å². The molecular weight excluding hydrogens is 273 g/mol. The molecule has 0 bridgehead atoms. The number of benzene rings is 1. The molecule has 0 radical (unpaired) electrons. The molecule has 21 heavy (non-hydrogen) atoms. The Labute approximate surface area is 122 Å². The zero-order chi connectivity index (χ0) is 15.0. The number of carbonyl (C=O) groups excluding carboxylic acids is 2. The summed E-state index contributed by atoms with van der Waals surface area (Å²) in [5.74, 6) is -0.384. The molecule has 2 fully saturated rings. The summed E-state index contributed by atoms with van der Waals surface area (Å²) >= 11 is 0. The number of anilines is 1. The fourth-order valence-corrected chi connectivity index (χ4v) is 3.13. The van der Waals surface area contributed by atoms with Gasteiger partial charge in [0.2, 0.25) is 5.91 Å². The van der Waals surface area contributed by atoms with Crippen LogP contribution in [0, 0.1) is 5.82 Å². The molecule has 3 rings (SSSR count). The van der Waals surface area contributed by atoms with E-state index in [0.29, 0.717) is 6.42 Å². The van der Waals surface area contributed by atoms with Gasteiger partial charge in [-0.15, -0.1) is 0 Å². The van der Waals surface area contributed by atoms with Gasteiger partial charge in [-0.1, -0.05) is 0 Å². The topological polar surface area (TPSA) is 45.1 Å². The molecule has 0 spiro atoms. The van der Waals surface area contributed by atoms with E-state index in [9.17, 15) is 14.0 Å². The average molecular weight is 292 g/mol. The largest absolute Gasteiger partial charge is 0.360 e. The third-order valence-electron chi connectivity index (χ3n) is 4.47. The van der Waals surface area contributed by atoms with E-state index in [1.165, 1.54) is 21.9 Å². The number of nitrogens with zero attached hydrogens (tertiary/aromatic N) is 2. The smallest absolute Gasteiger partial charge is 0.287 e. The van der Waals surface area contributed by atoms with Crippen molar-refractivity contribution in [3.05, 3.63) is 30.1 Å². The summed E-state index contributed by atoms with van der Waals surface area (Å²) in [5.41, 5.74) is 1.00. The van der Waals surface area contributed by atoms with Crippen molar-refractivity contribution < 1.29 is 18.9 Å². The summed E-state index contributed by atoms with van der Waals surface area (Å²) in [6, 6.07) is 6.25. The predicted octanol–water partition coefficient (Wildman–Crippen LogP) is -0.712. The standard InChI is InChI=1S/C15H18FN3O2/c1-17-14(20)10-13(15(17)21)19-8-6-18(7-9-19)12-4-2-11(16)3-5-12/h2-5,13H,6-10H2,1H3/p+1/t13-/m1/s1. The average Bonchev–Trinajstić information content (AvgIpc) is 2.76. The molecule has 0 unspecified atom stereocenters. The van der Waals surface area contributed by atoms with Crippen LogP contribution in [0.25, 0.3) is 0 Å². The number of imide groups is 1. The molecule has 2 aliphatic rings. The highest BCUT2D eigenvalue weighted by atomic mass is 19.1. The molecule has 0 aliphatic carbocycles. The Balaban J connectivity index is 1.62. The molecule has 1 N–H and O–H groups in total. The molecule has 0 aromatic heterocycles. The van der Waals surface area contributed by atoms with Crippen LogP contribution >= 0.6 is 0 Å². The van der Waals surface area contributed by atoms with Crippen molar-refractivity contribution in [1.82, 2.24) is 4.90 Å². The second kappa shape index (κ2) is 5.44. The minimum Gasteiger partial charge on any atom is -0.360 e. The molecule has 2 aliphatic heterocycles. The molecule has 1 aromatic rings. The number of quaternary nitrogens is 1. The molecule has 0 saturated carbocycles. The Kier molecular flexibility index (Phi) is 3.63. The molecule has 2 amide bonds. The van der Waals surface area contributed by atoms with E-state index in [2.05, 4.69) is 4.90 Å². The van der Waals surface area contributed by atoms with Crippen LogP contribution in [0.4, 0.5) is 10.1 Å². The number of piperazine rings is 1. The van der Waals surface area contributed by atoms with Crippen LogP contribution in [-0.4, -0.2) is 56.0 Å². The number of hydrogen-bond acceptors (Lipinski definition) is 3. The maximum Gasteiger partial charge on any atom is 0.287 e. The summed E-state index contributed by atoms with van der Waals surface area (Å²) in [6.07, 6.45) is 0.321. The minimum absolute atomic E-state index is 0.0646. The van der Waals surface area contributed by atoms with Gasteiger partial charge in [-0.3, -0.25) is 14.5 Å². The molecule has 2 saturated heterocycles. The fraction of sp³-hybridized carbons (Fsp3) is 0.467. The number of carbonyl (C=O) groups is 2. The number of likely N-dealkylation sites (tertiary alicyclic amines) is 1. The molecular formula is C15H19FN3O2+. The number of nitrogens with one attached hydrogen (secondary N) is 1. The van der Waals surface area contributed by atoms with Gasteiger partial charge in [0, 0.05) is 12.7 Å². The highest BCUT2D eigenvalue weighted by Crippen LogP contribution is 2.15. The lowest BCUT2D eigenvalue weighted by molar-refractivity contribution is -0.915. The minimum atomic E-state index is -0.235. The Morgan fingerprint density at radius 1 is 1.14 bits per heavy atom. The lowest BCUT2D eigenvalue weighted by atomic mass is 10.1. The van der Waals surface area contributed by atoms with E-state index >= 15 is 0 Å². The van der Waals surface area contributed by atoms with Crippen LogP contribution in [-0.2, 0) is 9.59 Å². The first-order valence-electron chi connectivity index (χ1n) is 7.22. The van der Waals surface area contributed by atoms with Gasteiger partial charge in [-0.2, -0.15) is 0 Å². The molecule has 112 valence electrons. The SMILES string of the molecule is CN1C(=O)C[C@@H]([NH+]2CCN(c3ccc(F)cc3)CC2)C1=O. The highest BCUT2D eigenvalue weighted by molar-refractivity contribution is 6.04. The van der Waals surface area contributed by atoms with Crippen LogP contribution in [0.5, 0.6) is 0 Å². The fourth-order valence-electron chi connectivity index (χ4n) is 3.13. The van der Waals surface area contributed by atoms with Crippen molar-refractivity contribution in [2.75, 3.05) is 38.1 Å². The van der Waals surface area contributed by atoms with Crippen molar-refractivity contribution in [2.45, 2.75) is 12.5 Å². The first-order valence-corrected chi connectivity index (χ1v) is 7.22. The molecule has 6 heteroatoms. The van der Waals surface area contributed by atoms with Crippen LogP contribution in [0.1, 0.15) is 6.42 Å². The number of likely N-dealkylation sites (N-methyl/N-ethyl adjacent to an activating group) is 1. The van der Waals surface area contributed by atoms with Crippen molar-refractivity contribution in [3.63, 3.8) is 0 Å². The Hall–Kier alpha value is -1.95. The van der Waals surface area contributed by atoms with Crippen molar-refractivity contribution >= 4 is 17.5 Å². The first-order chi connectivity index (χ1) is 10.1. The van der Waals surface area contributed by atoms with E-state index in [-0.39, 0.29) is 23.7 Å². The molecule has 1 aromatic carbocycles. The summed E-state index contributed by atoms with van der Waals surface area (Å²) in [5, 5.41) is 0. The predicted molar refractivity (Wildman–Crippen MR) is 75.5 cm³/mol. The Morgan fingerprint density at radius 3 is 2.29 bits per heavy atom. The lowest BCUT2D eigenvalue weighted by Gasteiger charge is -2.35. The van der Waals surface area contributed by atoms with Crippen LogP contribution in [0.2, 0.25) is 0 Å². The van der Waals surface area contributed by atoms with Gasteiger partial charge in [0.25, 0.3) is 5.91 Å². The van der Waals surface area contributed by atoms with Gasteiger partial charge in [-0.05, 0) is 24.3 Å². The second-order valence-corrected chi connectivity index (χ2v) is 5.67. The Morgan fingerprint density at radius 2 is 1.76 bits per heavy atom. The van der Waals surface area contributed by atoms with Crippen LogP contribution < -0.4 is 9.80 Å². The number of hydrogen-bond donors (Lipinski definition) is 1. The van der Waals surface area contributed by atoms with Crippen LogP contribution in [0.3, 0.4) is 0 Å². The third kappa shape index (κ3) is 2.63.